The maximum atomic E-state index is 14.3. The fourth-order valence-corrected chi connectivity index (χ4v) is 3.39. The molecule has 2 aliphatic heterocycles. The third-order valence-electron chi connectivity index (χ3n) is 4.29. The molecule has 5 nitrogen and oxygen atoms in total. The summed E-state index contributed by atoms with van der Waals surface area (Å²) in [6, 6.07) is 5.13. The second kappa shape index (κ2) is 7.90. The van der Waals surface area contributed by atoms with Crippen LogP contribution in [-0.2, 0) is 11.3 Å². The molecule has 0 aromatic heterocycles. The van der Waals surface area contributed by atoms with E-state index in [1.54, 1.807) is 0 Å². The topological polar surface area (TPSA) is 57.1 Å². The molecule has 7 heteroatoms. The highest BCUT2D eigenvalue weighted by Gasteiger charge is 2.17. The first-order chi connectivity index (χ1) is 11.6. The van der Waals surface area contributed by atoms with Gasteiger partial charge in [0.05, 0.1) is 12.0 Å². The first-order valence-electron chi connectivity index (χ1n) is 8.14. The Balaban J connectivity index is 1.59. The van der Waals surface area contributed by atoms with Crippen molar-refractivity contribution in [3.63, 3.8) is 0 Å². The third-order valence-corrected chi connectivity index (χ3v) is 5.15. The Morgan fingerprint density at radius 3 is 2.88 bits per heavy atom. The van der Waals surface area contributed by atoms with Crippen LogP contribution in [0.25, 0.3) is 0 Å². The van der Waals surface area contributed by atoms with Gasteiger partial charge in [-0.15, -0.1) is 5.10 Å². The van der Waals surface area contributed by atoms with E-state index in [4.69, 9.17) is 0 Å². The normalized spacial score (nSPS) is 21.8. The molecule has 0 atom stereocenters. The van der Waals surface area contributed by atoms with E-state index in [-0.39, 0.29) is 11.7 Å². The molecule has 0 saturated carbocycles. The van der Waals surface area contributed by atoms with Crippen LogP contribution in [0.2, 0.25) is 0 Å². The molecule has 2 saturated heterocycles. The summed E-state index contributed by atoms with van der Waals surface area (Å²) in [6.45, 7) is 4.99. The number of hydrogen-bond acceptors (Lipinski definition) is 5. The third kappa shape index (κ3) is 4.64. The highest BCUT2D eigenvalue weighted by Crippen LogP contribution is 2.19. The second-order valence-electron chi connectivity index (χ2n) is 6.30. The van der Waals surface area contributed by atoms with E-state index >= 15 is 0 Å². The van der Waals surface area contributed by atoms with Crippen LogP contribution in [0.15, 0.2) is 28.4 Å². The Bertz CT molecular complexity index is 669. The molecule has 24 heavy (non-hydrogen) atoms. The van der Waals surface area contributed by atoms with Crippen molar-refractivity contribution in [2.75, 3.05) is 18.8 Å². The number of hydrogen-bond donors (Lipinski definition) is 1. The number of nitrogens with one attached hydrogen (secondary N) is 1. The van der Waals surface area contributed by atoms with Gasteiger partial charge in [0.1, 0.15) is 5.82 Å². The molecule has 2 fully saturated rings. The smallest absolute Gasteiger partial charge is 0.236 e. The largest absolute Gasteiger partial charge is 0.303 e. The van der Waals surface area contributed by atoms with E-state index in [1.165, 1.54) is 36.9 Å². The van der Waals surface area contributed by atoms with Gasteiger partial charge < -0.3 is 5.32 Å². The van der Waals surface area contributed by atoms with Gasteiger partial charge in [0, 0.05) is 12.1 Å². The molecule has 1 aromatic rings. The van der Waals surface area contributed by atoms with Gasteiger partial charge in [0.15, 0.2) is 5.17 Å². The molecule has 1 aromatic carbocycles. The number of piperidine rings is 1. The van der Waals surface area contributed by atoms with Crippen LogP contribution >= 0.6 is 11.8 Å². The van der Waals surface area contributed by atoms with Crippen LogP contribution < -0.4 is 5.32 Å². The van der Waals surface area contributed by atoms with Crippen molar-refractivity contribution in [3.05, 3.63) is 35.1 Å². The highest BCUT2D eigenvalue weighted by molar-refractivity contribution is 8.15. The molecule has 0 spiro atoms. The second-order valence-corrected chi connectivity index (χ2v) is 7.26. The van der Waals surface area contributed by atoms with Gasteiger partial charge in [0.2, 0.25) is 5.91 Å². The number of amidine groups is 1. The summed E-state index contributed by atoms with van der Waals surface area (Å²) < 4.78 is 14.3. The predicted molar refractivity (Wildman–Crippen MR) is 95.7 cm³/mol. The zero-order chi connectivity index (χ0) is 16.9. The highest BCUT2D eigenvalue weighted by atomic mass is 32.2. The summed E-state index contributed by atoms with van der Waals surface area (Å²) in [5.41, 5.74) is 1.37. The van der Waals surface area contributed by atoms with Crippen molar-refractivity contribution in [2.24, 2.45) is 16.1 Å². The number of carbonyl (C=O) groups is 1. The predicted octanol–water partition coefficient (Wildman–Crippen LogP) is 2.61. The Hall–Kier alpha value is -1.73. The summed E-state index contributed by atoms with van der Waals surface area (Å²) in [7, 11) is 0. The molecule has 0 unspecified atom stereocenters. The van der Waals surface area contributed by atoms with E-state index in [1.807, 2.05) is 12.1 Å². The maximum Gasteiger partial charge on any atom is 0.236 e. The van der Waals surface area contributed by atoms with Crippen molar-refractivity contribution in [3.8, 4) is 0 Å². The first kappa shape index (κ1) is 17.1. The standard InChI is InChI=1S/C17H21FN4OS/c1-12-4-6-22(7-5-12)10-14-3-2-13(8-15(14)18)9-19-21-17-20-16(23)11-24-17/h2-3,8-9,12H,4-7,10-11H2,1H3,(H,20,21,23). The van der Waals surface area contributed by atoms with Crippen molar-refractivity contribution < 1.29 is 9.18 Å². The zero-order valence-corrected chi connectivity index (χ0v) is 14.5. The number of likely N-dealkylation sites (tertiary alicyclic amines) is 1. The number of thioether (sulfide) groups is 1. The summed E-state index contributed by atoms with van der Waals surface area (Å²) >= 11 is 1.31. The van der Waals surface area contributed by atoms with E-state index in [9.17, 15) is 9.18 Å². The summed E-state index contributed by atoms with van der Waals surface area (Å²) in [5, 5.41) is 10.9. The molecule has 3 rings (SSSR count). The average molecular weight is 348 g/mol. The van der Waals surface area contributed by atoms with Gasteiger partial charge in [-0.25, -0.2) is 4.39 Å². The number of rotatable bonds is 4. The van der Waals surface area contributed by atoms with Crippen LogP contribution in [0.4, 0.5) is 4.39 Å². The molecule has 1 N–H and O–H groups in total. The fraction of sp³-hybridized carbons (Fsp3) is 0.471. The first-order valence-corrected chi connectivity index (χ1v) is 9.13. The van der Waals surface area contributed by atoms with E-state index < -0.39 is 0 Å². The lowest BCUT2D eigenvalue weighted by molar-refractivity contribution is -0.116. The van der Waals surface area contributed by atoms with E-state index in [2.05, 4.69) is 27.3 Å². The Kier molecular flexibility index (Phi) is 5.63. The van der Waals surface area contributed by atoms with Crippen LogP contribution in [0.5, 0.6) is 0 Å². The monoisotopic (exact) mass is 348 g/mol. The molecule has 0 radical (unpaired) electrons. The molecule has 128 valence electrons. The maximum absolute atomic E-state index is 14.3. The van der Waals surface area contributed by atoms with Gasteiger partial charge in [-0.1, -0.05) is 30.8 Å². The van der Waals surface area contributed by atoms with Crippen LogP contribution in [0.3, 0.4) is 0 Å². The van der Waals surface area contributed by atoms with Gasteiger partial charge in [0.25, 0.3) is 0 Å². The average Bonchev–Trinajstić information content (AvgIpc) is 2.97. The molecular formula is C17H21FN4OS. The SMILES string of the molecule is CC1CCN(Cc2ccc(C=NN=C3NC(=O)CS3)cc2F)CC1. The molecular weight excluding hydrogens is 327 g/mol. The Morgan fingerprint density at radius 1 is 1.42 bits per heavy atom. The molecule has 1 amide bonds. The van der Waals surface area contributed by atoms with Gasteiger partial charge in [-0.05, 0) is 43.5 Å². The molecule has 2 heterocycles. The number of nitrogens with zero attached hydrogens (tertiary/aromatic N) is 3. The molecule has 0 aliphatic carbocycles. The molecule has 2 aliphatic rings. The molecule has 0 bridgehead atoms. The minimum atomic E-state index is -0.214. The van der Waals surface area contributed by atoms with Crippen LogP contribution in [-0.4, -0.2) is 41.0 Å². The number of carbonyl (C=O) groups excluding carboxylic acids is 1. The van der Waals surface area contributed by atoms with Crippen molar-refractivity contribution in [2.45, 2.75) is 26.3 Å². The lowest BCUT2D eigenvalue weighted by Crippen LogP contribution is -2.32. The number of amides is 1. The lowest BCUT2D eigenvalue weighted by atomic mass is 9.98. The van der Waals surface area contributed by atoms with Crippen LogP contribution in [0, 0.1) is 11.7 Å². The van der Waals surface area contributed by atoms with Crippen molar-refractivity contribution in [1.29, 1.82) is 0 Å². The van der Waals surface area contributed by atoms with Gasteiger partial charge in [-0.3, -0.25) is 9.69 Å². The fourth-order valence-electron chi connectivity index (χ4n) is 2.76. The van der Waals surface area contributed by atoms with E-state index in [0.29, 0.717) is 28.6 Å². The summed E-state index contributed by atoms with van der Waals surface area (Å²) in [5.74, 6) is 0.854. The van der Waals surface area contributed by atoms with Gasteiger partial charge in [-0.2, -0.15) is 5.10 Å². The minimum absolute atomic E-state index is 0.0727. The Morgan fingerprint density at radius 2 is 2.21 bits per heavy atom. The number of benzene rings is 1. The minimum Gasteiger partial charge on any atom is -0.303 e. The quantitative estimate of drug-likeness (QED) is 0.672. The van der Waals surface area contributed by atoms with E-state index in [0.717, 1.165) is 19.0 Å². The van der Waals surface area contributed by atoms with Gasteiger partial charge >= 0.3 is 0 Å². The summed E-state index contributed by atoms with van der Waals surface area (Å²) in [4.78, 5) is 13.3. The number of halogens is 1. The lowest BCUT2D eigenvalue weighted by Gasteiger charge is -2.30. The van der Waals surface area contributed by atoms with Crippen LogP contribution in [0.1, 0.15) is 30.9 Å². The zero-order valence-electron chi connectivity index (χ0n) is 13.7. The summed E-state index contributed by atoms with van der Waals surface area (Å²) in [6.07, 6.45) is 3.86. The van der Waals surface area contributed by atoms with Crippen molar-refractivity contribution in [1.82, 2.24) is 10.2 Å². The Labute approximate surface area is 145 Å². The van der Waals surface area contributed by atoms with Crippen molar-refractivity contribution >= 4 is 29.1 Å².